The van der Waals surface area contributed by atoms with Crippen LogP contribution in [0.25, 0.3) is 0 Å². The third-order valence-corrected chi connectivity index (χ3v) is 3.23. The molecule has 0 atom stereocenters. The first-order chi connectivity index (χ1) is 11.1. The number of hydrogen-bond acceptors (Lipinski definition) is 5. The van der Waals surface area contributed by atoms with Crippen LogP contribution in [0, 0.1) is 0 Å². The molecule has 0 radical (unpaired) electrons. The van der Waals surface area contributed by atoms with Crippen LogP contribution in [-0.2, 0) is 0 Å². The number of hydrogen-bond donors (Lipinski definition) is 1. The SMILES string of the molecule is CCN(C(=O)c1ccccc1OC)c1ccnc(NC(C)C)n1. The molecule has 0 bridgehead atoms. The van der Waals surface area contributed by atoms with Crippen molar-refractivity contribution in [2.24, 2.45) is 0 Å². The summed E-state index contributed by atoms with van der Waals surface area (Å²) < 4.78 is 5.28. The number of carbonyl (C=O) groups excluding carboxylic acids is 1. The Morgan fingerprint density at radius 3 is 2.70 bits per heavy atom. The number of benzene rings is 1. The van der Waals surface area contributed by atoms with Crippen molar-refractivity contribution in [3.8, 4) is 5.75 Å². The van der Waals surface area contributed by atoms with E-state index in [-0.39, 0.29) is 11.9 Å². The van der Waals surface area contributed by atoms with Gasteiger partial charge in [0.2, 0.25) is 5.95 Å². The van der Waals surface area contributed by atoms with Crippen LogP contribution in [0.1, 0.15) is 31.1 Å². The molecule has 0 aliphatic carbocycles. The highest BCUT2D eigenvalue weighted by molar-refractivity contribution is 6.07. The highest BCUT2D eigenvalue weighted by Gasteiger charge is 2.21. The van der Waals surface area contributed by atoms with Gasteiger partial charge in [-0.25, -0.2) is 4.98 Å². The van der Waals surface area contributed by atoms with Crippen LogP contribution in [0.2, 0.25) is 0 Å². The van der Waals surface area contributed by atoms with Gasteiger partial charge in [0.05, 0.1) is 12.7 Å². The maximum Gasteiger partial charge on any atom is 0.263 e. The molecule has 23 heavy (non-hydrogen) atoms. The van der Waals surface area contributed by atoms with Gasteiger partial charge in [0.15, 0.2) is 0 Å². The van der Waals surface area contributed by atoms with Gasteiger partial charge in [0.25, 0.3) is 5.91 Å². The van der Waals surface area contributed by atoms with Crippen molar-refractivity contribution < 1.29 is 9.53 Å². The number of aromatic nitrogens is 2. The quantitative estimate of drug-likeness (QED) is 0.888. The molecule has 0 fully saturated rings. The van der Waals surface area contributed by atoms with Gasteiger partial charge in [-0.05, 0) is 39.0 Å². The van der Waals surface area contributed by atoms with Crippen LogP contribution in [-0.4, -0.2) is 35.6 Å². The molecule has 1 heterocycles. The van der Waals surface area contributed by atoms with Gasteiger partial charge in [-0.3, -0.25) is 9.69 Å². The van der Waals surface area contributed by atoms with Gasteiger partial charge in [-0.1, -0.05) is 12.1 Å². The molecular weight excluding hydrogens is 292 g/mol. The van der Waals surface area contributed by atoms with Crippen LogP contribution in [0.4, 0.5) is 11.8 Å². The first-order valence-corrected chi connectivity index (χ1v) is 7.61. The van der Waals surface area contributed by atoms with E-state index in [1.807, 2.05) is 32.9 Å². The lowest BCUT2D eigenvalue weighted by Crippen LogP contribution is -2.32. The number of nitrogens with one attached hydrogen (secondary N) is 1. The van der Waals surface area contributed by atoms with Crippen LogP contribution in [0.15, 0.2) is 36.5 Å². The molecule has 1 amide bonds. The smallest absolute Gasteiger partial charge is 0.263 e. The normalized spacial score (nSPS) is 10.5. The van der Waals surface area contributed by atoms with E-state index >= 15 is 0 Å². The molecule has 1 aromatic heterocycles. The number of ether oxygens (including phenoxy) is 1. The van der Waals surface area contributed by atoms with Gasteiger partial charge in [0.1, 0.15) is 11.6 Å². The standard InChI is InChI=1S/C17H22N4O2/c1-5-21(15-10-11-18-17(20-15)19-12(2)3)16(22)13-8-6-7-9-14(13)23-4/h6-12H,5H2,1-4H3,(H,18,19,20). The summed E-state index contributed by atoms with van der Waals surface area (Å²) >= 11 is 0. The molecule has 1 aromatic carbocycles. The topological polar surface area (TPSA) is 67.4 Å². The van der Waals surface area contributed by atoms with Crippen molar-refractivity contribution in [3.63, 3.8) is 0 Å². The molecule has 0 aliphatic rings. The van der Waals surface area contributed by atoms with Crippen LogP contribution >= 0.6 is 0 Å². The van der Waals surface area contributed by atoms with Gasteiger partial charge in [-0.2, -0.15) is 4.98 Å². The third-order valence-electron chi connectivity index (χ3n) is 3.23. The van der Waals surface area contributed by atoms with Gasteiger partial charge in [-0.15, -0.1) is 0 Å². The van der Waals surface area contributed by atoms with Gasteiger partial charge >= 0.3 is 0 Å². The molecule has 2 aromatic rings. The minimum absolute atomic E-state index is 0.154. The maximum atomic E-state index is 12.9. The number of methoxy groups -OCH3 is 1. The molecule has 0 aliphatic heterocycles. The Balaban J connectivity index is 2.34. The van der Waals surface area contributed by atoms with Crippen molar-refractivity contribution in [1.82, 2.24) is 9.97 Å². The fraction of sp³-hybridized carbons (Fsp3) is 0.353. The summed E-state index contributed by atoms with van der Waals surface area (Å²) in [5, 5.41) is 3.14. The minimum Gasteiger partial charge on any atom is -0.496 e. The molecule has 0 unspecified atom stereocenters. The number of anilines is 2. The number of para-hydroxylation sites is 1. The van der Waals surface area contributed by atoms with Crippen LogP contribution in [0.5, 0.6) is 5.75 Å². The summed E-state index contributed by atoms with van der Waals surface area (Å²) in [5.41, 5.74) is 0.508. The second-order valence-corrected chi connectivity index (χ2v) is 5.29. The summed E-state index contributed by atoms with van der Waals surface area (Å²) in [4.78, 5) is 23.1. The number of carbonyl (C=O) groups is 1. The zero-order chi connectivity index (χ0) is 16.8. The molecule has 6 nitrogen and oxygen atoms in total. The predicted molar refractivity (Wildman–Crippen MR) is 91.1 cm³/mol. The molecule has 6 heteroatoms. The second kappa shape index (κ2) is 7.58. The Morgan fingerprint density at radius 1 is 1.30 bits per heavy atom. The van der Waals surface area contributed by atoms with Gasteiger partial charge < -0.3 is 10.1 Å². The molecular formula is C17H22N4O2. The monoisotopic (exact) mass is 314 g/mol. The number of nitrogens with zero attached hydrogens (tertiary/aromatic N) is 3. The van der Waals surface area contributed by atoms with Crippen molar-refractivity contribution in [2.75, 3.05) is 23.9 Å². The Bertz CT molecular complexity index is 673. The third kappa shape index (κ3) is 3.97. The summed E-state index contributed by atoms with van der Waals surface area (Å²) in [6.07, 6.45) is 1.64. The fourth-order valence-electron chi connectivity index (χ4n) is 2.20. The van der Waals surface area contributed by atoms with Gasteiger partial charge in [0, 0.05) is 18.8 Å². The lowest BCUT2D eigenvalue weighted by molar-refractivity contribution is 0.0984. The minimum atomic E-state index is -0.154. The molecule has 0 saturated carbocycles. The Hall–Kier alpha value is -2.63. The molecule has 0 spiro atoms. The average Bonchev–Trinajstić information content (AvgIpc) is 2.55. The average molecular weight is 314 g/mol. The second-order valence-electron chi connectivity index (χ2n) is 5.29. The van der Waals surface area contributed by atoms with Crippen LogP contribution in [0.3, 0.4) is 0 Å². The van der Waals surface area contributed by atoms with E-state index in [0.29, 0.717) is 29.6 Å². The van der Waals surface area contributed by atoms with E-state index in [2.05, 4.69) is 15.3 Å². The van der Waals surface area contributed by atoms with Crippen molar-refractivity contribution >= 4 is 17.7 Å². The molecule has 0 saturated heterocycles. The summed E-state index contributed by atoms with van der Waals surface area (Å²) in [6, 6.07) is 9.11. The first kappa shape index (κ1) is 16.7. The van der Waals surface area contributed by atoms with Crippen molar-refractivity contribution in [1.29, 1.82) is 0 Å². The predicted octanol–water partition coefficient (Wildman–Crippen LogP) is 2.97. The van der Waals surface area contributed by atoms with E-state index in [1.54, 1.807) is 36.4 Å². The number of rotatable bonds is 6. The van der Waals surface area contributed by atoms with E-state index < -0.39 is 0 Å². The van der Waals surface area contributed by atoms with Crippen LogP contribution < -0.4 is 15.0 Å². The Kier molecular flexibility index (Phi) is 5.51. The first-order valence-electron chi connectivity index (χ1n) is 7.61. The largest absolute Gasteiger partial charge is 0.496 e. The lowest BCUT2D eigenvalue weighted by Gasteiger charge is -2.21. The highest BCUT2D eigenvalue weighted by Crippen LogP contribution is 2.22. The number of amides is 1. The van der Waals surface area contributed by atoms with E-state index in [1.165, 1.54) is 0 Å². The molecule has 122 valence electrons. The zero-order valence-electron chi connectivity index (χ0n) is 13.9. The molecule has 1 N–H and O–H groups in total. The van der Waals surface area contributed by atoms with E-state index in [4.69, 9.17) is 4.74 Å². The fourth-order valence-corrected chi connectivity index (χ4v) is 2.20. The summed E-state index contributed by atoms with van der Waals surface area (Å²) in [5.74, 6) is 1.45. The maximum absolute atomic E-state index is 12.9. The van der Waals surface area contributed by atoms with E-state index in [9.17, 15) is 4.79 Å². The highest BCUT2D eigenvalue weighted by atomic mass is 16.5. The summed E-state index contributed by atoms with van der Waals surface area (Å²) in [7, 11) is 1.55. The molecule has 2 rings (SSSR count). The Morgan fingerprint density at radius 2 is 2.04 bits per heavy atom. The summed E-state index contributed by atoms with van der Waals surface area (Å²) in [6.45, 7) is 6.42. The van der Waals surface area contributed by atoms with Crippen molar-refractivity contribution in [3.05, 3.63) is 42.1 Å². The van der Waals surface area contributed by atoms with Crippen molar-refractivity contribution in [2.45, 2.75) is 26.8 Å². The Labute approximate surface area is 136 Å². The lowest BCUT2D eigenvalue weighted by atomic mass is 10.1. The van der Waals surface area contributed by atoms with E-state index in [0.717, 1.165) is 0 Å². The zero-order valence-corrected chi connectivity index (χ0v) is 13.9.